The van der Waals surface area contributed by atoms with E-state index in [1.807, 2.05) is 24.3 Å². The standard InChI is InChI=1S/C16H20O/c1-3-12(4-2)11-13-9-10-16(17)15-8-6-5-7-14(13)15/h5-10,12,17H,3-4,11H2,1-2H3. The van der Waals surface area contributed by atoms with Gasteiger partial charge >= 0.3 is 0 Å². The largest absolute Gasteiger partial charge is 0.507 e. The van der Waals surface area contributed by atoms with Crippen molar-refractivity contribution in [2.45, 2.75) is 33.1 Å². The van der Waals surface area contributed by atoms with Crippen LogP contribution in [0.25, 0.3) is 10.8 Å². The molecule has 0 aromatic heterocycles. The molecule has 90 valence electrons. The Morgan fingerprint density at radius 1 is 0.941 bits per heavy atom. The second-order valence-corrected chi connectivity index (χ2v) is 4.68. The van der Waals surface area contributed by atoms with Crippen LogP contribution in [-0.4, -0.2) is 5.11 Å². The summed E-state index contributed by atoms with van der Waals surface area (Å²) in [6.07, 6.45) is 3.53. The Hall–Kier alpha value is -1.50. The SMILES string of the molecule is CCC(CC)Cc1ccc(O)c2ccccc12. The van der Waals surface area contributed by atoms with E-state index in [2.05, 4.69) is 26.0 Å². The number of phenols is 1. The molecule has 1 nitrogen and oxygen atoms in total. The molecule has 0 heterocycles. The molecule has 1 heteroatoms. The maximum atomic E-state index is 9.84. The minimum Gasteiger partial charge on any atom is -0.507 e. The molecule has 0 radical (unpaired) electrons. The molecule has 0 saturated heterocycles. The van der Waals surface area contributed by atoms with E-state index < -0.39 is 0 Å². The van der Waals surface area contributed by atoms with Gasteiger partial charge in [0.1, 0.15) is 5.75 Å². The van der Waals surface area contributed by atoms with Gasteiger partial charge < -0.3 is 5.11 Å². The molecular weight excluding hydrogens is 208 g/mol. The summed E-state index contributed by atoms with van der Waals surface area (Å²) in [7, 11) is 0. The van der Waals surface area contributed by atoms with Gasteiger partial charge in [-0.05, 0) is 29.4 Å². The lowest BCUT2D eigenvalue weighted by molar-refractivity contribution is 0.479. The van der Waals surface area contributed by atoms with E-state index in [1.165, 1.54) is 23.8 Å². The van der Waals surface area contributed by atoms with Crippen LogP contribution < -0.4 is 0 Å². The second-order valence-electron chi connectivity index (χ2n) is 4.68. The van der Waals surface area contributed by atoms with Gasteiger partial charge in [-0.1, -0.05) is 57.0 Å². The van der Waals surface area contributed by atoms with E-state index in [0.717, 1.165) is 17.7 Å². The van der Waals surface area contributed by atoms with E-state index in [4.69, 9.17) is 0 Å². The van der Waals surface area contributed by atoms with E-state index in [0.29, 0.717) is 5.75 Å². The number of aromatic hydroxyl groups is 1. The number of rotatable bonds is 4. The van der Waals surface area contributed by atoms with Crippen LogP contribution in [0.5, 0.6) is 5.75 Å². The van der Waals surface area contributed by atoms with Crippen LogP contribution in [0, 0.1) is 5.92 Å². The van der Waals surface area contributed by atoms with E-state index in [9.17, 15) is 5.11 Å². The van der Waals surface area contributed by atoms with Gasteiger partial charge in [-0.2, -0.15) is 0 Å². The predicted octanol–water partition coefficient (Wildman–Crippen LogP) is 4.52. The van der Waals surface area contributed by atoms with Gasteiger partial charge in [0.2, 0.25) is 0 Å². The zero-order chi connectivity index (χ0) is 12.3. The number of benzene rings is 2. The van der Waals surface area contributed by atoms with Crippen molar-refractivity contribution in [3.63, 3.8) is 0 Å². The minimum atomic E-state index is 0.383. The molecule has 17 heavy (non-hydrogen) atoms. The smallest absolute Gasteiger partial charge is 0.123 e. The summed E-state index contributed by atoms with van der Waals surface area (Å²) in [5.74, 6) is 1.12. The van der Waals surface area contributed by atoms with Gasteiger partial charge in [-0.15, -0.1) is 0 Å². The van der Waals surface area contributed by atoms with Gasteiger partial charge in [0.05, 0.1) is 0 Å². The molecule has 0 aliphatic heterocycles. The summed E-state index contributed by atoms with van der Waals surface area (Å²) < 4.78 is 0. The molecule has 0 amide bonds. The Morgan fingerprint density at radius 2 is 1.59 bits per heavy atom. The normalized spacial score (nSPS) is 11.2. The zero-order valence-electron chi connectivity index (χ0n) is 10.6. The third-order valence-corrected chi connectivity index (χ3v) is 3.65. The fourth-order valence-electron chi connectivity index (χ4n) is 2.41. The second kappa shape index (κ2) is 5.22. The van der Waals surface area contributed by atoms with Crippen molar-refractivity contribution in [3.8, 4) is 5.75 Å². The average molecular weight is 228 g/mol. The fraction of sp³-hybridized carbons (Fsp3) is 0.375. The lowest BCUT2D eigenvalue weighted by atomic mass is 9.91. The molecule has 0 fully saturated rings. The monoisotopic (exact) mass is 228 g/mol. The highest BCUT2D eigenvalue weighted by Crippen LogP contribution is 2.29. The first-order valence-electron chi connectivity index (χ1n) is 6.45. The maximum Gasteiger partial charge on any atom is 0.123 e. The van der Waals surface area contributed by atoms with Crippen molar-refractivity contribution < 1.29 is 5.11 Å². The quantitative estimate of drug-likeness (QED) is 0.815. The molecule has 0 atom stereocenters. The van der Waals surface area contributed by atoms with Crippen LogP contribution in [0.15, 0.2) is 36.4 Å². The van der Waals surface area contributed by atoms with Crippen molar-refractivity contribution >= 4 is 10.8 Å². The third kappa shape index (κ3) is 2.44. The fourth-order valence-corrected chi connectivity index (χ4v) is 2.41. The highest BCUT2D eigenvalue weighted by atomic mass is 16.3. The van der Waals surface area contributed by atoms with Crippen molar-refractivity contribution in [1.29, 1.82) is 0 Å². The Labute approximate surface area is 103 Å². The first kappa shape index (κ1) is 12.0. The summed E-state index contributed by atoms with van der Waals surface area (Å²) in [6.45, 7) is 4.49. The van der Waals surface area contributed by atoms with Crippen molar-refractivity contribution in [2.24, 2.45) is 5.92 Å². The molecule has 2 rings (SSSR count). The van der Waals surface area contributed by atoms with Gasteiger partial charge in [0, 0.05) is 5.39 Å². The predicted molar refractivity (Wildman–Crippen MR) is 73.4 cm³/mol. The van der Waals surface area contributed by atoms with E-state index in [1.54, 1.807) is 0 Å². The molecule has 0 spiro atoms. The highest BCUT2D eigenvalue weighted by molar-refractivity contribution is 5.90. The van der Waals surface area contributed by atoms with Crippen molar-refractivity contribution in [3.05, 3.63) is 42.0 Å². The van der Waals surface area contributed by atoms with Crippen molar-refractivity contribution in [2.75, 3.05) is 0 Å². The number of hydrogen-bond donors (Lipinski definition) is 1. The van der Waals surface area contributed by atoms with Crippen LogP contribution in [0.1, 0.15) is 32.3 Å². The summed E-state index contributed by atoms with van der Waals surface area (Å²) in [6, 6.07) is 12.0. The first-order valence-corrected chi connectivity index (χ1v) is 6.45. The molecule has 0 unspecified atom stereocenters. The van der Waals surface area contributed by atoms with E-state index >= 15 is 0 Å². The van der Waals surface area contributed by atoms with Gasteiger partial charge in [-0.3, -0.25) is 0 Å². The van der Waals surface area contributed by atoms with Gasteiger partial charge in [0.15, 0.2) is 0 Å². The maximum absolute atomic E-state index is 9.84. The van der Waals surface area contributed by atoms with Crippen LogP contribution in [0.2, 0.25) is 0 Å². The Morgan fingerprint density at radius 3 is 2.24 bits per heavy atom. The minimum absolute atomic E-state index is 0.383. The topological polar surface area (TPSA) is 20.2 Å². The van der Waals surface area contributed by atoms with Crippen LogP contribution >= 0.6 is 0 Å². The molecule has 2 aromatic rings. The number of fused-ring (bicyclic) bond motifs is 1. The molecular formula is C16H20O. The first-order chi connectivity index (χ1) is 8.26. The lowest BCUT2D eigenvalue weighted by Gasteiger charge is -2.14. The summed E-state index contributed by atoms with van der Waals surface area (Å²) in [5, 5.41) is 12.0. The number of phenolic OH excluding ortho intramolecular Hbond substituents is 1. The summed E-state index contributed by atoms with van der Waals surface area (Å²) in [4.78, 5) is 0. The molecule has 0 aliphatic carbocycles. The Bertz CT molecular complexity index is 498. The summed E-state index contributed by atoms with van der Waals surface area (Å²) in [5.41, 5.74) is 1.35. The van der Waals surface area contributed by atoms with Crippen LogP contribution in [0.4, 0.5) is 0 Å². The van der Waals surface area contributed by atoms with Crippen LogP contribution in [0.3, 0.4) is 0 Å². The Kier molecular flexibility index (Phi) is 3.68. The third-order valence-electron chi connectivity index (χ3n) is 3.65. The average Bonchev–Trinajstić information content (AvgIpc) is 2.38. The summed E-state index contributed by atoms with van der Waals surface area (Å²) >= 11 is 0. The molecule has 1 N–H and O–H groups in total. The van der Waals surface area contributed by atoms with Crippen molar-refractivity contribution in [1.82, 2.24) is 0 Å². The molecule has 2 aromatic carbocycles. The Balaban J connectivity index is 2.44. The molecule has 0 aliphatic rings. The number of hydrogen-bond acceptors (Lipinski definition) is 1. The highest BCUT2D eigenvalue weighted by Gasteiger charge is 2.09. The van der Waals surface area contributed by atoms with Crippen LogP contribution in [-0.2, 0) is 6.42 Å². The molecule has 0 saturated carbocycles. The van der Waals surface area contributed by atoms with Gasteiger partial charge in [0.25, 0.3) is 0 Å². The van der Waals surface area contributed by atoms with E-state index in [-0.39, 0.29) is 0 Å². The lowest BCUT2D eigenvalue weighted by Crippen LogP contribution is -2.02. The van der Waals surface area contributed by atoms with Gasteiger partial charge in [-0.25, -0.2) is 0 Å². The molecule has 0 bridgehead atoms. The zero-order valence-corrected chi connectivity index (χ0v) is 10.6.